The Bertz CT molecular complexity index is 382. The highest BCUT2D eigenvalue weighted by atomic mass is 14.0. The van der Waals surface area contributed by atoms with Gasteiger partial charge in [-0.3, -0.25) is 0 Å². The molecule has 0 N–H and O–H groups in total. The van der Waals surface area contributed by atoms with Gasteiger partial charge in [-0.05, 0) is 24.5 Å². The predicted octanol–water partition coefficient (Wildman–Crippen LogP) is 2.38. The molecule has 0 spiro atoms. The van der Waals surface area contributed by atoms with Gasteiger partial charge < -0.3 is 0 Å². The molecule has 72 valence electrons. The molecule has 1 heteroatoms. The van der Waals surface area contributed by atoms with Gasteiger partial charge in [-0.2, -0.15) is 0 Å². The van der Waals surface area contributed by atoms with E-state index in [9.17, 15) is 0 Å². The maximum atomic E-state index is 5.64. The molecular formula is C14H13B. The Labute approximate surface area is 92.4 Å². The molecule has 0 saturated heterocycles. The Kier molecular flexibility index (Phi) is 2.91. The molecule has 2 rings (SSSR count). The first-order chi connectivity index (χ1) is 7.24. The molecule has 0 saturated carbocycles. The Morgan fingerprint density at radius 1 is 0.800 bits per heavy atom. The van der Waals surface area contributed by atoms with Crippen molar-refractivity contribution in [1.29, 1.82) is 0 Å². The van der Waals surface area contributed by atoms with Crippen molar-refractivity contribution < 1.29 is 0 Å². The minimum atomic E-state index is 0.822. The van der Waals surface area contributed by atoms with Crippen LogP contribution >= 0.6 is 0 Å². The maximum Gasteiger partial charge on any atom is 0.113 e. The van der Waals surface area contributed by atoms with E-state index in [-0.39, 0.29) is 0 Å². The average Bonchev–Trinajstić information content (AvgIpc) is 2.25. The number of benzene rings is 2. The van der Waals surface area contributed by atoms with E-state index in [1.165, 1.54) is 16.7 Å². The van der Waals surface area contributed by atoms with Crippen LogP contribution in [0.3, 0.4) is 0 Å². The molecule has 0 unspecified atom stereocenters. The van der Waals surface area contributed by atoms with Crippen molar-refractivity contribution in [3.8, 4) is 0 Å². The molecule has 0 aliphatic carbocycles. The van der Waals surface area contributed by atoms with E-state index in [1.807, 2.05) is 12.1 Å². The molecule has 0 nitrogen and oxygen atoms in total. The molecule has 0 aromatic heterocycles. The van der Waals surface area contributed by atoms with Crippen LogP contribution in [0.25, 0.3) is 0 Å². The van der Waals surface area contributed by atoms with Crippen molar-refractivity contribution in [2.45, 2.75) is 13.3 Å². The first-order valence-electron chi connectivity index (χ1n) is 5.14. The van der Waals surface area contributed by atoms with Gasteiger partial charge in [-0.25, -0.2) is 0 Å². The van der Waals surface area contributed by atoms with Crippen LogP contribution in [0, 0.1) is 6.92 Å². The summed E-state index contributed by atoms with van der Waals surface area (Å²) in [4.78, 5) is 0. The summed E-state index contributed by atoms with van der Waals surface area (Å²) in [6.07, 6.45) is 0.973. The normalized spacial score (nSPS) is 10.2. The molecule has 0 atom stereocenters. The van der Waals surface area contributed by atoms with E-state index >= 15 is 0 Å². The third kappa shape index (κ3) is 2.72. The minimum Gasteiger partial charge on any atom is -0.0967 e. The van der Waals surface area contributed by atoms with Crippen LogP contribution in [0.1, 0.15) is 16.7 Å². The fourth-order valence-electron chi connectivity index (χ4n) is 1.58. The number of hydrogen-bond acceptors (Lipinski definition) is 0. The van der Waals surface area contributed by atoms with Gasteiger partial charge in [0.2, 0.25) is 0 Å². The highest BCUT2D eigenvalue weighted by Gasteiger charge is 1.95. The zero-order valence-corrected chi connectivity index (χ0v) is 8.90. The molecule has 2 aromatic rings. The van der Waals surface area contributed by atoms with E-state index in [2.05, 4.69) is 43.3 Å². The van der Waals surface area contributed by atoms with Gasteiger partial charge >= 0.3 is 0 Å². The summed E-state index contributed by atoms with van der Waals surface area (Å²) in [5, 5.41) is 0. The first-order valence-corrected chi connectivity index (χ1v) is 5.14. The van der Waals surface area contributed by atoms with E-state index in [0.717, 1.165) is 11.9 Å². The summed E-state index contributed by atoms with van der Waals surface area (Å²) in [7, 11) is 5.64. The molecular weight excluding hydrogens is 179 g/mol. The molecule has 0 heterocycles. The van der Waals surface area contributed by atoms with Crippen molar-refractivity contribution in [1.82, 2.24) is 0 Å². The van der Waals surface area contributed by atoms with Crippen LogP contribution in [0.4, 0.5) is 0 Å². The summed E-state index contributed by atoms with van der Waals surface area (Å²) in [5.41, 5.74) is 4.76. The molecule has 15 heavy (non-hydrogen) atoms. The second-order valence-electron chi connectivity index (χ2n) is 3.90. The van der Waals surface area contributed by atoms with Gasteiger partial charge in [0.05, 0.1) is 0 Å². The summed E-state index contributed by atoms with van der Waals surface area (Å²) < 4.78 is 0. The number of hydrogen-bond donors (Lipinski definition) is 0. The fourth-order valence-corrected chi connectivity index (χ4v) is 1.58. The van der Waals surface area contributed by atoms with Gasteiger partial charge in [-0.15, -0.1) is 0 Å². The van der Waals surface area contributed by atoms with Crippen LogP contribution in [0.2, 0.25) is 0 Å². The number of aryl methyl sites for hydroxylation is 1. The van der Waals surface area contributed by atoms with Crippen LogP contribution in [0.5, 0.6) is 0 Å². The topological polar surface area (TPSA) is 0 Å². The highest BCUT2D eigenvalue weighted by Crippen LogP contribution is 2.09. The van der Waals surface area contributed by atoms with Crippen LogP contribution in [0.15, 0.2) is 48.5 Å². The monoisotopic (exact) mass is 192 g/mol. The smallest absolute Gasteiger partial charge is 0.0967 e. The van der Waals surface area contributed by atoms with Gasteiger partial charge in [0, 0.05) is 0 Å². The van der Waals surface area contributed by atoms with Crippen LogP contribution in [-0.4, -0.2) is 7.85 Å². The molecule has 0 aliphatic heterocycles. The van der Waals surface area contributed by atoms with Crippen LogP contribution < -0.4 is 5.46 Å². The first kappa shape index (κ1) is 10.0. The Hall–Kier alpha value is -1.50. The average molecular weight is 192 g/mol. The van der Waals surface area contributed by atoms with Crippen LogP contribution in [-0.2, 0) is 6.42 Å². The van der Waals surface area contributed by atoms with Crippen molar-refractivity contribution in [2.75, 3.05) is 0 Å². The van der Waals surface area contributed by atoms with Crippen molar-refractivity contribution in [3.63, 3.8) is 0 Å². The zero-order valence-electron chi connectivity index (χ0n) is 8.90. The van der Waals surface area contributed by atoms with E-state index in [4.69, 9.17) is 7.85 Å². The van der Waals surface area contributed by atoms with E-state index in [1.54, 1.807) is 0 Å². The maximum absolute atomic E-state index is 5.64. The van der Waals surface area contributed by atoms with Crippen molar-refractivity contribution in [2.24, 2.45) is 0 Å². The fraction of sp³-hybridized carbons (Fsp3) is 0.143. The van der Waals surface area contributed by atoms with E-state index < -0.39 is 0 Å². The Morgan fingerprint density at radius 3 is 1.80 bits per heavy atom. The number of rotatable bonds is 2. The van der Waals surface area contributed by atoms with Gasteiger partial charge in [0.1, 0.15) is 7.85 Å². The highest BCUT2D eigenvalue weighted by molar-refractivity contribution is 6.32. The molecule has 0 bridgehead atoms. The lowest BCUT2D eigenvalue weighted by Crippen LogP contribution is -2.00. The third-order valence-electron chi connectivity index (χ3n) is 2.51. The summed E-state index contributed by atoms with van der Waals surface area (Å²) >= 11 is 0. The second-order valence-corrected chi connectivity index (χ2v) is 3.90. The minimum absolute atomic E-state index is 0.822. The lowest BCUT2D eigenvalue weighted by Gasteiger charge is -2.03. The summed E-state index contributed by atoms with van der Waals surface area (Å²) in [5.74, 6) is 0. The Morgan fingerprint density at radius 2 is 1.27 bits per heavy atom. The Balaban J connectivity index is 2.15. The molecule has 0 amide bonds. The second kappa shape index (κ2) is 4.35. The molecule has 0 fully saturated rings. The summed E-state index contributed by atoms with van der Waals surface area (Å²) in [6, 6.07) is 16.7. The predicted molar refractivity (Wildman–Crippen MR) is 65.8 cm³/mol. The molecule has 2 radical (unpaired) electrons. The van der Waals surface area contributed by atoms with Crippen molar-refractivity contribution >= 4 is 13.3 Å². The lowest BCUT2D eigenvalue weighted by atomic mass is 9.94. The molecule has 0 aliphatic rings. The van der Waals surface area contributed by atoms with Gasteiger partial charge in [0.25, 0.3) is 0 Å². The largest absolute Gasteiger partial charge is 0.113 e. The third-order valence-corrected chi connectivity index (χ3v) is 2.51. The summed E-state index contributed by atoms with van der Waals surface area (Å²) in [6.45, 7) is 2.10. The SMILES string of the molecule is [B]c1ccc(Cc2ccc(C)cc2)cc1. The molecule has 2 aromatic carbocycles. The quantitative estimate of drug-likeness (QED) is 0.641. The van der Waals surface area contributed by atoms with Gasteiger partial charge in [0.15, 0.2) is 0 Å². The standard InChI is InChI=1S/C14H13B/c1-11-2-4-12(5-3-11)10-13-6-8-14(15)9-7-13/h2-9H,10H2,1H3. The van der Waals surface area contributed by atoms with Crippen molar-refractivity contribution in [3.05, 3.63) is 65.2 Å². The van der Waals surface area contributed by atoms with E-state index in [0.29, 0.717) is 0 Å². The zero-order chi connectivity index (χ0) is 10.7. The van der Waals surface area contributed by atoms with Gasteiger partial charge in [-0.1, -0.05) is 59.6 Å². The lowest BCUT2D eigenvalue weighted by molar-refractivity contribution is 1.19.